The molecule has 0 N–H and O–H groups in total. The molecule has 152 valence electrons. The minimum Gasteiger partial charge on any atom is -0.367 e. The highest BCUT2D eigenvalue weighted by atomic mass is 32.1. The van der Waals surface area contributed by atoms with Gasteiger partial charge < -0.3 is 9.64 Å². The predicted molar refractivity (Wildman–Crippen MR) is 119 cm³/mol. The Morgan fingerprint density at radius 1 is 1.03 bits per heavy atom. The third-order valence-corrected chi connectivity index (χ3v) is 5.61. The lowest BCUT2D eigenvalue weighted by Crippen LogP contribution is -2.29. The Kier molecular flexibility index (Phi) is 6.37. The van der Waals surface area contributed by atoms with Crippen LogP contribution in [-0.2, 0) is 22.7 Å². The molecule has 0 bridgehead atoms. The van der Waals surface area contributed by atoms with E-state index in [0.29, 0.717) is 13.2 Å². The Morgan fingerprint density at radius 3 is 2.47 bits per heavy atom. The number of carbonyl (C=O) groups is 1. The number of thiophene rings is 1. The summed E-state index contributed by atoms with van der Waals surface area (Å²) in [7, 11) is 1.80. The third kappa shape index (κ3) is 4.84. The summed E-state index contributed by atoms with van der Waals surface area (Å²) in [4.78, 5) is 15.4. The molecule has 5 nitrogen and oxygen atoms in total. The zero-order valence-corrected chi connectivity index (χ0v) is 17.6. The van der Waals surface area contributed by atoms with Crippen molar-refractivity contribution in [3.05, 3.63) is 95.5 Å². The predicted octanol–water partition coefficient (Wildman–Crippen LogP) is 4.78. The monoisotopic (exact) mass is 417 g/mol. The maximum Gasteiger partial charge on any atom is 0.248 e. The molecule has 0 unspecified atom stereocenters. The van der Waals surface area contributed by atoms with Crippen molar-refractivity contribution in [1.29, 1.82) is 0 Å². The fraction of sp³-hybridized carbons (Fsp3) is 0.167. The quantitative estimate of drug-likeness (QED) is 0.415. The highest BCUT2D eigenvalue weighted by Gasteiger charge is 2.17. The number of rotatable bonds is 8. The van der Waals surface area contributed by atoms with Gasteiger partial charge in [-0.05, 0) is 29.1 Å². The first-order valence-corrected chi connectivity index (χ1v) is 10.6. The molecule has 0 atom stereocenters. The molecule has 2 heterocycles. The lowest BCUT2D eigenvalue weighted by Gasteiger charge is -2.17. The number of para-hydroxylation sites is 1. The van der Waals surface area contributed by atoms with Gasteiger partial charge in [0.1, 0.15) is 12.3 Å². The largest absolute Gasteiger partial charge is 0.367 e. The number of aromatic nitrogens is 2. The van der Waals surface area contributed by atoms with E-state index in [1.807, 2.05) is 83.0 Å². The fourth-order valence-corrected chi connectivity index (χ4v) is 3.89. The smallest absolute Gasteiger partial charge is 0.248 e. The topological polar surface area (TPSA) is 47.4 Å². The first-order valence-electron chi connectivity index (χ1n) is 9.74. The molecule has 4 rings (SSSR count). The van der Waals surface area contributed by atoms with Crippen molar-refractivity contribution >= 4 is 17.2 Å². The van der Waals surface area contributed by atoms with Crippen LogP contribution in [0.2, 0.25) is 0 Å². The van der Waals surface area contributed by atoms with E-state index in [0.717, 1.165) is 27.4 Å². The van der Waals surface area contributed by atoms with Crippen LogP contribution in [0.15, 0.2) is 84.4 Å². The maximum atomic E-state index is 12.6. The Balaban J connectivity index is 1.46. The molecule has 0 fully saturated rings. The van der Waals surface area contributed by atoms with E-state index in [2.05, 4.69) is 6.07 Å². The van der Waals surface area contributed by atoms with E-state index in [9.17, 15) is 4.79 Å². The molecular formula is C24H23N3O2S. The summed E-state index contributed by atoms with van der Waals surface area (Å²) in [6.07, 6.45) is 2.00. The van der Waals surface area contributed by atoms with Crippen LogP contribution >= 0.6 is 11.3 Å². The van der Waals surface area contributed by atoms with Crippen molar-refractivity contribution in [3.8, 4) is 16.3 Å². The highest BCUT2D eigenvalue weighted by Crippen LogP contribution is 2.28. The van der Waals surface area contributed by atoms with Gasteiger partial charge in [0, 0.05) is 25.4 Å². The highest BCUT2D eigenvalue weighted by molar-refractivity contribution is 7.13. The molecule has 0 aliphatic carbocycles. The van der Waals surface area contributed by atoms with Crippen LogP contribution in [0.3, 0.4) is 0 Å². The Bertz CT molecular complexity index is 1080. The van der Waals surface area contributed by atoms with Gasteiger partial charge in [-0.1, -0.05) is 54.6 Å². The first-order chi connectivity index (χ1) is 14.7. The van der Waals surface area contributed by atoms with Gasteiger partial charge in [-0.25, -0.2) is 4.68 Å². The van der Waals surface area contributed by atoms with Crippen molar-refractivity contribution in [2.24, 2.45) is 0 Å². The molecule has 30 heavy (non-hydrogen) atoms. The summed E-state index contributed by atoms with van der Waals surface area (Å²) in [5.74, 6) is -0.0597. The normalized spacial score (nSPS) is 10.8. The van der Waals surface area contributed by atoms with Gasteiger partial charge in [0.05, 0.1) is 17.2 Å². The van der Waals surface area contributed by atoms with Gasteiger partial charge in [0.15, 0.2) is 0 Å². The van der Waals surface area contributed by atoms with Crippen molar-refractivity contribution in [2.75, 3.05) is 13.7 Å². The molecule has 0 aliphatic rings. The maximum absolute atomic E-state index is 12.6. The molecule has 0 saturated carbocycles. The molecule has 1 amide bonds. The molecular weight excluding hydrogens is 394 g/mol. The van der Waals surface area contributed by atoms with Crippen LogP contribution in [0.5, 0.6) is 0 Å². The molecule has 2 aromatic carbocycles. The van der Waals surface area contributed by atoms with E-state index >= 15 is 0 Å². The van der Waals surface area contributed by atoms with Crippen LogP contribution in [0, 0.1) is 0 Å². The van der Waals surface area contributed by atoms with Gasteiger partial charge >= 0.3 is 0 Å². The van der Waals surface area contributed by atoms with Crippen molar-refractivity contribution in [1.82, 2.24) is 14.7 Å². The molecule has 0 saturated heterocycles. The lowest BCUT2D eigenvalue weighted by molar-refractivity contribution is -0.135. The van der Waals surface area contributed by atoms with Crippen LogP contribution < -0.4 is 0 Å². The minimum absolute atomic E-state index is 0.0482. The van der Waals surface area contributed by atoms with Crippen molar-refractivity contribution < 1.29 is 9.53 Å². The molecule has 0 radical (unpaired) electrons. The van der Waals surface area contributed by atoms with Gasteiger partial charge in [-0.15, -0.1) is 11.3 Å². The van der Waals surface area contributed by atoms with Crippen molar-refractivity contribution in [2.45, 2.75) is 13.2 Å². The number of hydrogen-bond acceptors (Lipinski definition) is 4. The molecule has 6 heteroatoms. The average Bonchev–Trinajstić information content (AvgIpc) is 3.45. The fourth-order valence-electron chi connectivity index (χ4n) is 3.14. The number of likely N-dealkylation sites (N-methyl/N-ethyl adjacent to an activating group) is 1. The zero-order valence-electron chi connectivity index (χ0n) is 16.8. The van der Waals surface area contributed by atoms with E-state index in [-0.39, 0.29) is 12.5 Å². The number of carbonyl (C=O) groups excluding carboxylic acids is 1. The van der Waals surface area contributed by atoms with Gasteiger partial charge in [-0.2, -0.15) is 5.10 Å². The SMILES string of the molecule is CN(Cc1cn(-c2ccccc2)nc1-c1cccs1)C(=O)COCc1ccccc1. The van der Waals surface area contributed by atoms with Gasteiger partial charge in [0.25, 0.3) is 0 Å². The summed E-state index contributed by atoms with van der Waals surface area (Å²) < 4.78 is 7.48. The zero-order chi connectivity index (χ0) is 20.8. The van der Waals surface area contributed by atoms with Crippen LogP contribution in [-0.4, -0.2) is 34.2 Å². The Morgan fingerprint density at radius 2 is 1.77 bits per heavy atom. The van der Waals surface area contributed by atoms with Crippen LogP contribution in [0.25, 0.3) is 16.3 Å². The minimum atomic E-state index is -0.0597. The second-order valence-electron chi connectivity index (χ2n) is 6.99. The van der Waals surface area contributed by atoms with E-state index < -0.39 is 0 Å². The van der Waals surface area contributed by atoms with Crippen LogP contribution in [0.4, 0.5) is 0 Å². The number of nitrogens with zero attached hydrogens (tertiary/aromatic N) is 3. The number of ether oxygens (including phenoxy) is 1. The van der Waals surface area contributed by atoms with E-state index in [4.69, 9.17) is 9.84 Å². The van der Waals surface area contributed by atoms with Gasteiger partial charge in [-0.3, -0.25) is 4.79 Å². The Labute approximate surface area is 180 Å². The molecule has 0 aliphatic heterocycles. The molecule has 0 spiro atoms. The Hall–Kier alpha value is -3.22. The number of amides is 1. The second kappa shape index (κ2) is 9.52. The average molecular weight is 418 g/mol. The first kappa shape index (κ1) is 20.1. The summed E-state index contributed by atoms with van der Waals surface area (Å²) in [6, 6.07) is 23.9. The van der Waals surface area contributed by atoms with Crippen molar-refractivity contribution in [3.63, 3.8) is 0 Å². The standard InChI is InChI=1S/C24H23N3O2S/c1-26(23(28)18-29-17-19-9-4-2-5-10-19)15-20-16-27(21-11-6-3-7-12-21)25-24(20)22-13-8-14-30-22/h2-14,16H,15,17-18H2,1H3. The third-order valence-electron chi connectivity index (χ3n) is 4.74. The second-order valence-corrected chi connectivity index (χ2v) is 7.94. The number of benzene rings is 2. The molecule has 4 aromatic rings. The number of hydrogen-bond donors (Lipinski definition) is 0. The molecule has 2 aromatic heterocycles. The lowest BCUT2D eigenvalue weighted by atomic mass is 10.2. The summed E-state index contributed by atoms with van der Waals surface area (Å²) in [5, 5.41) is 6.83. The van der Waals surface area contributed by atoms with Gasteiger partial charge in [0.2, 0.25) is 5.91 Å². The van der Waals surface area contributed by atoms with Crippen LogP contribution in [0.1, 0.15) is 11.1 Å². The van der Waals surface area contributed by atoms with E-state index in [1.54, 1.807) is 23.3 Å². The summed E-state index contributed by atoms with van der Waals surface area (Å²) in [5.41, 5.74) is 3.94. The van der Waals surface area contributed by atoms with E-state index in [1.165, 1.54) is 0 Å². The summed E-state index contributed by atoms with van der Waals surface area (Å²) in [6.45, 7) is 0.937. The summed E-state index contributed by atoms with van der Waals surface area (Å²) >= 11 is 1.64.